The molecule has 0 spiro atoms. The van der Waals surface area contributed by atoms with Crippen molar-refractivity contribution >= 4 is 11.6 Å². The maximum atomic E-state index is 5.83. The number of benzene rings is 1. The quantitative estimate of drug-likeness (QED) is 0.781. The van der Waals surface area contributed by atoms with Crippen LogP contribution in [-0.4, -0.2) is 57.4 Å². The second-order valence-corrected chi connectivity index (χ2v) is 5.44. The van der Waals surface area contributed by atoms with Gasteiger partial charge in [-0.2, -0.15) is 0 Å². The molecular formula is C15H23ClN2O2. The van der Waals surface area contributed by atoms with E-state index in [1.807, 2.05) is 31.3 Å². The molecule has 1 heterocycles. The third-order valence-corrected chi connectivity index (χ3v) is 3.61. The van der Waals surface area contributed by atoms with Crippen molar-refractivity contribution in [1.82, 2.24) is 10.2 Å². The van der Waals surface area contributed by atoms with E-state index in [9.17, 15) is 0 Å². The number of rotatable bonds is 7. The highest BCUT2D eigenvalue weighted by molar-refractivity contribution is 6.30. The third kappa shape index (κ3) is 5.29. The van der Waals surface area contributed by atoms with Crippen LogP contribution in [0.1, 0.15) is 6.42 Å². The monoisotopic (exact) mass is 298 g/mol. The lowest BCUT2D eigenvalue weighted by molar-refractivity contribution is -0.0272. The predicted octanol–water partition coefficient (Wildman–Crippen LogP) is 2.03. The molecule has 1 fully saturated rings. The first kappa shape index (κ1) is 15.6. The minimum Gasteiger partial charge on any atom is -0.494 e. The molecule has 1 aromatic rings. The Labute approximate surface area is 126 Å². The lowest BCUT2D eigenvalue weighted by atomic mass is 10.2. The van der Waals surface area contributed by atoms with E-state index in [0.717, 1.165) is 56.6 Å². The zero-order chi connectivity index (χ0) is 14.2. The van der Waals surface area contributed by atoms with Gasteiger partial charge in [-0.3, -0.25) is 4.90 Å². The molecule has 1 aliphatic heterocycles. The van der Waals surface area contributed by atoms with Crippen LogP contribution < -0.4 is 10.1 Å². The van der Waals surface area contributed by atoms with Crippen molar-refractivity contribution in [3.05, 3.63) is 29.3 Å². The summed E-state index contributed by atoms with van der Waals surface area (Å²) in [6, 6.07) is 7.50. The summed E-state index contributed by atoms with van der Waals surface area (Å²) in [4.78, 5) is 2.44. The number of hydrogen-bond acceptors (Lipinski definition) is 4. The van der Waals surface area contributed by atoms with Crippen molar-refractivity contribution < 1.29 is 9.47 Å². The van der Waals surface area contributed by atoms with Gasteiger partial charge in [-0.15, -0.1) is 0 Å². The van der Waals surface area contributed by atoms with Gasteiger partial charge in [0.2, 0.25) is 0 Å². The summed E-state index contributed by atoms with van der Waals surface area (Å²) in [5.41, 5.74) is 0. The molecule has 0 saturated carbocycles. The van der Waals surface area contributed by atoms with Crippen molar-refractivity contribution in [3.8, 4) is 5.75 Å². The van der Waals surface area contributed by atoms with Crippen LogP contribution in [0.15, 0.2) is 24.3 Å². The Morgan fingerprint density at radius 3 is 2.95 bits per heavy atom. The first-order chi connectivity index (χ1) is 9.78. The minimum absolute atomic E-state index is 0.311. The standard InChI is InChI=1S/C15H23ClN2O2/c1-17-11-15-12-18(8-10-20-15)7-2-9-19-14-5-3-13(16)4-6-14/h3-6,15,17H,2,7-12H2,1H3. The normalized spacial score (nSPS) is 20.0. The number of likely N-dealkylation sites (N-methyl/N-ethyl adjacent to an activating group) is 1. The van der Waals surface area contributed by atoms with Crippen molar-refractivity contribution in [2.45, 2.75) is 12.5 Å². The number of morpholine rings is 1. The molecule has 1 aromatic carbocycles. The van der Waals surface area contributed by atoms with Gasteiger partial charge >= 0.3 is 0 Å². The van der Waals surface area contributed by atoms with Crippen molar-refractivity contribution in [1.29, 1.82) is 0 Å². The van der Waals surface area contributed by atoms with Crippen LogP contribution in [0.2, 0.25) is 5.02 Å². The van der Waals surface area contributed by atoms with Gasteiger partial charge in [0.25, 0.3) is 0 Å². The highest BCUT2D eigenvalue weighted by Crippen LogP contribution is 2.15. The van der Waals surface area contributed by atoms with Crippen LogP contribution in [0.25, 0.3) is 0 Å². The Kier molecular flexibility index (Phi) is 6.60. The van der Waals surface area contributed by atoms with Crippen molar-refractivity contribution in [2.75, 3.05) is 46.4 Å². The van der Waals surface area contributed by atoms with Gasteiger partial charge in [0.05, 0.1) is 19.3 Å². The summed E-state index contributed by atoms with van der Waals surface area (Å²) in [6.45, 7) is 5.54. The molecule has 1 N–H and O–H groups in total. The minimum atomic E-state index is 0.311. The van der Waals surface area contributed by atoms with Crippen molar-refractivity contribution in [3.63, 3.8) is 0 Å². The predicted molar refractivity (Wildman–Crippen MR) is 81.7 cm³/mol. The van der Waals surface area contributed by atoms with Gasteiger partial charge < -0.3 is 14.8 Å². The average Bonchev–Trinajstić information content (AvgIpc) is 2.46. The van der Waals surface area contributed by atoms with E-state index >= 15 is 0 Å². The summed E-state index contributed by atoms with van der Waals surface area (Å²) in [7, 11) is 1.96. The molecule has 112 valence electrons. The Balaban J connectivity index is 1.62. The summed E-state index contributed by atoms with van der Waals surface area (Å²) in [5, 5.41) is 3.90. The van der Waals surface area contributed by atoms with Gasteiger partial charge in [-0.25, -0.2) is 0 Å². The van der Waals surface area contributed by atoms with Crippen LogP contribution in [0.3, 0.4) is 0 Å². The Morgan fingerprint density at radius 2 is 2.20 bits per heavy atom. The Morgan fingerprint density at radius 1 is 1.40 bits per heavy atom. The van der Waals surface area contributed by atoms with Gasteiger partial charge in [0.15, 0.2) is 0 Å². The van der Waals surface area contributed by atoms with Gasteiger partial charge in [0.1, 0.15) is 5.75 Å². The number of nitrogens with one attached hydrogen (secondary N) is 1. The fourth-order valence-electron chi connectivity index (χ4n) is 2.34. The first-order valence-electron chi connectivity index (χ1n) is 7.15. The molecule has 1 atom stereocenters. The van der Waals surface area contributed by atoms with Crippen LogP contribution >= 0.6 is 11.6 Å². The lowest BCUT2D eigenvalue weighted by Crippen LogP contribution is -2.46. The second kappa shape index (κ2) is 8.47. The molecule has 20 heavy (non-hydrogen) atoms. The molecule has 1 aliphatic rings. The van der Waals surface area contributed by atoms with E-state index in [1.165, 1.54) is 0 Å². The van der Waals surface area contributed by atoms with E-state index in [4.69, 9.17) is 21.1 Å². The van der Waals surface area contributed by atoms with E-state index < -0.39 is 0 Å². The smallest absolute Gasteiger partial charge is 0.119 e. The van der Waals surface area contributed by atoms with Crippen LogP contribution in [0.4, 0.5) is 0 Å². The SMILES string of the molecule is CNCC1CN(CCCOc2ccc(Cl)cc2)CCO1. The fourth-order valence-corrected chi connectivity index (χ4v) is 2.47. The highest BCUT2D eigenvalue weighted by Gasteiger charge is 2.19. The van der Waals surface area contributed by atoms with Crippen LogP contribution in [0, 0.1) is 0 Å². The zero-order valence-electron chi connectivity index (χ0n) is 12.0. The molecule has 5 heteroatoms. The maximum absolute atomic E-state index is 5.83. The summed E-state index contributed by atoms with van der Waals surface area (Å²) < 4.78 is 11.4. The van der Waals surface area contributed by atoms with Crippen molar-refractivity contribution in [2.24, 2.45) is 0 Å². The molecule has 1 saturated heterocycles. The van der Waals surface area contributed by atoms with Gasteiger partial charge in [-0.05, 0) is 37.7 Å². The first-order valence-corrected chi connectivity index (χ1v) is 7.52. The van der Waals surface area contributed by atoms with Crippen LogP contribution in [-0.2, 0) is 4.74 Å². The molecule has 4 nitrogen and oxygen atoms in total. The molecule has 0 bridgehead atoms. The summed E-state index contributed by atoms with van der Waals surface area (Å²) in [6.07, 6.45) is 1.33. The fraction of sp³-hybridized carbons (Fsp3) is 0.600. The lowest BCUT2D eigenvalue weighted by Gasteiger charge is -2.32. The number of hydrogen-bond donors (Lipinski definition) is 1. The molecule has 0 amide bonds. The Hall–Kier alpha value is -0.810. The van der Waals surface area contributed by atoms with E-state index in [0.29, 0.717) is 6.10 Å². The molecular weight excluding hydrogens is 276 g/mol. The molecule has 0 aromatic heterocycles. The number of nitrogens with zero attached hydrogens (tertiary/aromatic N) is 1. The Bertz CT molecular complexity index is 384. The summed E-state index contributed by atoms with van der Waals surface area (Å²) >= 11 is 5.83. The number of ether oxygens (including phenoxy) is 2. The van der Waals surface area contributed by atoms with Gasteiger partial charge in [-0.1, -0.05) is 11.6 Å². The summed E-state index contributed by atoms with van der Waals surface area (Å²) in [5.74, 6) is 0.879. The van der Waals surface area contributed by atoms with E-state index in [1.54, 1.807) is 0 Å². The largest absolute Gasteiger partial charge is 0.494 e. The molecule has 2 rings (SSSR count). The molecule has 1 unspecified atom stereocenters. The van der Waals surface area contributed by atoms with E-state index in [2.05, 4.69) is 10.2 Å². The second-order valence-electron chi connectivity index (χ2n) is 5.01. The zero-order valence-corrected chi connectivity index (χ0v) is 12.7. The molecule has 0 radical (unpaired) electrons. The topological polar surface area (TPSA) is 33.7 Å². The van der Waals surface area contributed by atoms with E-state index in [-0.39, 0.29) is 0 Å². The molecule has 0 aliphatic carbocycles. The van der Waals surface area contributed by atoms with Crippen LogP contribution in [0.5, 0.6) is 5.75 Å². The average molecular weight is 299 g/mol. The highest BCUT2D eigenvalue weighted by atomic mass is 35.5. The van der Waals surface area contributed by atoms with Gasteiger partial charge in [0, 0.05) is 31.2 Å². The third-order valence-electron chi connectivity index (χ3n) is 3.36. The maximum Gasteiger partial charge on any atom is 0.119 e. The number of halogens is 1.